The molecule has 0 spiro atoms. The number of morpholine rings is 1. The maximum atomic E-state index is 13.1. The van der Waals surface area contributed by atoms with E-state index in [1.807, 2.05) is 30.3 Å². The van der Waals surface area contributed by atoms with Crippen molar-refractivity contribution in [3.05, 3.63) is 35.9 Å². The molecule has 8 heteroatoms. The Morgan fingerprint density at radius 2 is 1.88 bits per heavy atom. The van der Waals surface area contributed by atoms with Crippen LogP contribution >= 0.6 is 0 Å². The van der Waals surface area contributed by atoms with Crippen LogP contribution < -0.4 is 5.32 Å². The van der Waals surface area contributed by atoms with E-state index in [4.69, 9.17) is 14.2 Å². The van der Waals surface area contributed by atoms with Gasteiger partial charge in [-0.3, -0.25) is 4.79 Å². The van der Waals surface area contributed by atoms with Crippen LogP contribution in [0.25, 0.3) is 0 Å². The Morgan fingerprint density at radius 3 is 2.58 bits per heavy atom. The number of carbonyl (C=O) groups excluding carboxylic acids is 2. The van der Waals surface area contributed by atoms with Gasteiger partial charge in [-0.25, -0.2) is 4.79 Å². The molecule has 1 saturated heterocycles. The molecule has 8 nitrogen and oxygen atoms in total. The highest BCUT2D eigenvalue weighted by Crippen LogP contribution is 2.28. The van der Waals surface area contributed by atoms with Crippen LogP contribution in [0.3, 0.4) is 0 Å². The fourth-order valence-corrected chi connectivity index (χ4v) is 4.38. The van der Waals surface area contributed by atoms with Gasteiger partial charge in [-0.1, -0.05) is 62.4 Å². The van der Waals surface area contributed by atoms with E-state index in [9.17, 15) is 14.9 Å². The molecule has 2 fully saturated rings. The van der Waals surface area contributed by atoms with Crippen molar-refractivity contribution >= 4 is 12.0 Å². The van der Waals surface area contributed by atoms with Crippen LogP contribution in [0.2, 0.25) is 0 Å². The average molecular weight is 458 g/mol. The average Bonchev–Trinajstić information content (AvgIpc) is 2.87. The molecule has 2 aliphatic rings. The van der Waals surface area contributed by atoms with Crippen molar-refractivity contribution < 1.29 is 23.8 Å². The predicted molar refractivity (Wildman–Crippen MR) is 122 cm³/mol. The number of amides is 2. The summed E-state index contributed by atoms with van der Waals surface area (Å²) in [5, 5.41) is 12.1. The Balaban J connectivity index is 1.46. The maximum Gasteiger partial charge on any atom is 0.407 e. The van der Waals surface area contributed by atoms with Crippen LogP contribution in [0, 0.1) is 17.2 Å². The standard InChI is InChI=1S/C25H35N3O5/c26-18-22(33-19-21-9-5-2-6-10-21)11-14-32-25(30)27-23(17-20-7-3-1-4-8-20)24(29)28-12-15-31-16-13-28/h2,5-6,9-10,20,22-23H,1,3-4,7-8,11-17,19H2,(H,27,30). The van der Waals surface area contributed by atoms with Gasteiger partial charge in [-0.2, -0.15) is 5.26 Å². The molecule has 1 aromatic rings. The Labute approximate surface area is 196 Å². The monoisotopic (exact) mass is 457 g/mol. The highest BCUT2D eigenvalue weighted by atomic mass is 16.6. The van der Waals surface area contributed by atoms with Gasteiger partial charge in [0.15, 0.2) is 0 Å². The lowest BCUT2D eigenvalue weighted by Crippen LogP contribution is -2.52. The van der Waals surface area contributed by atoms with Crippen molar-refractivity contribution in [2.75, 3.05) is 32.9 Å². The topological polar surface area (TPSA) is 101 Å². The summed E-state index contributed by atoms with van der Waals surface area (Å²) in [6, 6.07) is 11.1. The molecule has 0 aromatic heterocycles. The van der Waals surface area contributed by atoms with E-state index in [0.717, 1.165) is 18.4 Å². The van der Waals surface area contributed by atoms with Gasteiger partial charge >= 0.3 is 6.09 Å². The summed E-state index contributed by atoms with van der Waals surface area (Å²) in [5.74, 6) is 0.366. The molecule has 0 bridgehead atoms. The van der Waals surface area contributed by atoms with Crippen molar-refractivity contribution in [2.24, 2.45) is 5.92 Å². The van der Waals surface area contributed by atoms with Crippen molar-refractivity contribution in [3.8, 4) is 6.07 Å². The van der Waals surface area contributed by atoms with E-state index in [-0.39, 0.29) is 18.9 Å². The number of benzene rings is 1. The van der Waals surface area contributed by atoms with Gasteiger partial charge in [0.1, 0.15) is 12.1 Å². The summed E-state index contributed by atoms with van der Waals surface area (Å²) in [7, 11) is 0. The highest BCUT2D eigenvalue weighted by Gasteiger charge is 2.30. The predicted octanol–water partition coefficient (Wildman–Crippen LogP) is 3.41. The second-order valence-electron chi connectivity index (χ2n) is 8.71. The fraction of sp³-hybridized carbons (Fsp3) is 0.640. The molecular formula is C25H35N3O5. The lowest BCUT2D eigenvalue weighted by Gasteiger charge is -2.32. The number of hydrogen-bond donors (Lipinski definition) is 1. The van der Waals surface area contributed by atoms with Crippen LogP contribution in [0.15, 0.2) is 30.3 Å². The molecule has 3 rings (SSSR count). The van der Waals surface area contributed by atoms with Crippen molar-refractivity contribution in [2.45, 2.75) is 63.7 Å². The number of nitrogens with one attached hydrogen (secondary N) is 1. The summed E-state index contributed by atoms with van der Waals surface area (Å²) in [4.78, 5) is 27.3. The van der Waals surface area contributed by atoms with Gasteiger partial charge in [0.25, 0.3) is 0 Å². The third kappa shape index (κ3) is 8.67. The molecule has 1 aliphatic carbocycles. The molecule has 2 unspecified atom stereocenters. The molecule has 1 aromatic carbocycles. The molecule has 1 aliphatic heterocycles. The smallest absolute Gasteiger partial charge is 0.407 e. The first-order valence-electron chi connectivity index (χ1n) is 12.0. The lowest BCUT2D eigenvalue weighted by molar-refractivity contribution is -0.138. The summed E-state index contributed by atoms with van der Waals surface area (Å²) >= 11 is 0. The molecule has 2 atom stereocenters. The second-order valence-corrected chi connectivity index (χ2v) is 8.71. The van der Waals surface area contributed by atoms with Crippen molar-refractivity contribution in [3.63, 3.8) is 0 Å². The zero-order chi connectivity index (χ0) is 23.3. The number of rotatable bonds is 10. The Kier molecular flexibility index (Phi) is 10.5. The maximum absolute atomic E-state index is 13.1. The van der Waals surface area contributed by atoms with Gasteiger partial charge in [-0.05, 0) is 17.9 Å². The molecule has 2 amide bonds. The van der Waals surface area contributed by atoms with Crippen LogP contribution in [0.4, 0.5) is 4.79 Å². The van der Waals surface area contributed by atoms with E-state index >= 15 is 0 Å². The quantitative estimate of drug-likeness (QED) is 0.578. The van der Waals surface area contributed by atoms with E-state index in [1.165, 1.54) is 19.3 Å². The highest BCUT2D eigenvalue weighted by molar-refractivity contribution is 5.85. The van der Waals surface area contributed by atoms with E-state index in [0.29, 0.717) is 45.2 Å². The molecular weight excluding hydrogens is 422 g/mol. The van der Waals surface area contributed by atoms with Crippen LogP contribution in [-0.2, 0) is 25.6 Å². The molecule has 0 radical (unpaired) electrons. The number of carbonyl (C=O) groups is 2. The number of nitriles is 1. The molecule has 33 heavy (non-hydrogen) atoms. The summed E-state index contributed by atoms with van der Waals surface area (Å²) in [5.41, 5.74) is 0.976. The minimum atomic E-state index is -0.675. The van der Waals surface area contributed by atoms with Gasteiger partial charge in [0, 0.05) is 19.5 Å². The van der Waals surface area contributed by atoms with Crippen molar-refractivity contribution in [1.29, 1.82) is 5.26 Å². The molecule has 1 heterocycles. The normalized spacial score (nSPS) is 18.7. The number of hydrogen-bond acceptors (Lipinski definition) is 6. The first-order valence-corrected chi connectivity index (χ1v) is 12.0. The third-order valence-corrected chi connectivity index (χ3v) is 6.26. The number of nitrogens with zero attached hydrogens (tertiary/aromatic N) is 2. The first kappa shape index (κ1) is 25.0. The second kappa shape index (κ2) is 13.8. The third-order valence-electron chi connectivity index (χ3n) is 6.26. The minimum absolute atomic E-state index is 0.0424. The van der Waals surface area contributed by atoms with Gasteiger partial charge in [0.2, 0.25) is 5.91 Å². The zero-order valence-electron chi connectivity index (χ0n) is 19.2. The van der Waals surface area contributed by atoms with Crippen LogP contribution in [-0.4, -0.2) is 62.0 Å². The van der Waals surface area contributed by atoms with E-state index in [2.05, 4.69) is 11.4 Å². The van der Waals surface area contributed by atoms with Gasteiger partial charge in [-0.15, -0.1) is 0 Å². The lowest BCUT2D eigenvalue weighted by atomic mass is 9.84. The molecule has 1 saturated carbocycles. The van der Waals surface area contributed by atoms with E-state index in [1.54, 1.807) is 4.90 Å². The Morgan fingerprint density at radius 1 is 1.15 bits per heavy atom. The Bertz CT molecular complexity index is 770. The number of alkyl carbamates (subject to hydrolysis) is 1. The summed E-state index contributed by atoms with van der Waals surface area (Å²) < 4.78 is 16.3. The number of ether oxygens (including phenoxy) is 3. The SMILES string of the molecule is N#CC(CCOC(=O)NC(CC1CCCCC1)C(=O)N1CCOCC1)OCc1ccccc1. The van der Waals surface area contributed by atoms with Gasteiger partial charge in [0.05, 0.1) is 32.5 Å². The molecule has 1 N–H and O–H groups in total. The summed E-state index contributed by atoms with van der Waals surface area (Å²) in [6.07, 6.45) is 5.35. The largest absolute Gasteiger partial charge is 0.449 e. The fourth-order valence-electron chi connectivity index (χ4n) is 4.38. The van der Waals surface area contributed by atoms with Crippen molar-refractivity contribution in [1.82, 2.24) is 10.2 Å². The first-order chi connectivity index (χ1) is 16.2. The van der Waals surface area contributed by atoms with E-state index < -0.39 is 18.2 Å². The molecule has 180 valence electrons. The van der Waals surface area contributed by atoms with Gasteiger partial charge < -0.3 is 24.4 Å². The van der Waals surface area contributed by atoms with Crippen LogP contribution in [0.1, 0.15) is 50.5 Å². The minimum Gasteiger partial charge on any atom is -0.449 e. The van der Waals surface area contributed by atoms with Crippen LogP contribution in [0.5, 0.6) is 0 Å². The summed E-state index contributed by atoms with van der Waals surface area (Å²) in [6.45, 7) is 2.48. The zero-order valence-corrected chi connectivity index (χ0v) is 19.2. The Hall–Kier alpha value is -2.63.